The lowest BCUT2D eigenvalue weighted by molar-refractivity contribution is -0.0553. The van der Waals surface area contributed by atoms with Crippen LogP contribution >= 0.6 is 0 Å². The zero-order chi connectivity index (χ0) is 11.6. The highest BCUT2D eigenvalue weighted by atomic mass is 19.3. The first-order chi connectivity index (χ1) is 7.58. The SMILES string of the molecule is CC(C1CCNCC1)C1CCC(F)(F)CC1. The van der Waals surface area contributed by atoms with Crippen LogP contribution in [-0.2, 0) is 0 Å². The topological polar surface area (TPSA) is 12.0 Å². The van der Waals surface area contributed by atoms with Gasteiger partial charge in [-0.05, 0) is 56.5 Å². The molecule has 1 heterocycles. The summed E-state index contributed by atoms with van der Waals surface area (Å²) in [6.07, 6.45) is 4.16. The van der Waals surface area contributed by atoms with E-state index in [4.69, 9.17) is 0 Å². The summed E-state index contributed by atoms with van der Waals surface area (Å²) in [4.78, 5) is 0. The molecule has 0 aromatic heterocycles. The van der Waals surface area contributed by atoms with E-state index in [1.807, 2.05) is 0 Å². The molecule has 1 nitrogen and oxygen atoms in total. The minimum Gasteiger partial charge on any atom is -0.317 e. The van der Waals surface area contributed by atoms with E-state index in [0.717, 1.165) is 31.8 Å². The van der Waals surface area contributed by atoms with Crippen LogP contribution in [0.25, 0.3) is 0 Å². The van der Waals surface area contributed by atoms with E-state index in [1.54, 1.807) is 0 Å². The van der Waals surface area contributed by atoms with Gasteiger partial charge in [0.15, 0.2) is 0 Å². The van der Waals surface area contributed by atoms with E-state index in [-0.39, 0.29) is 12.8 Å². The number of hydrogen-bond donors (Lipinski definition) is 1. The van der Waals surface area contributed by atoms with Gasteiger partial charge in [0.2, 0.25) is 5.92 Å². The van der Waals surface area contributed by atoms with Crippen molar-refractivity contribution in [2.45, 2.75) is 51.4 Å². The molecule has 0 aromatic rings. The monoisotopic (exact) mass is 231 g/mol. The molecule has 3 heteroatoms. The van der Waals surface area contributed by atoms with Crippen LogP contribution in [0.15, 0.2) is 0 Å². The normalized spacial score (nSPS) is 30.2. The third-order valence-corrected chi connectivity index (χ3v) is 4.63. The Labute approximate surface area is 97.0 Å². The predicted molar refractivity (Wildman–Crippen MR) is 61.7 cm³/mol. The van der Waals surface area contributed by atoms with Gasteiger partial charge in [0, 0.05) is 12.8 Å². The third-order valence-electron chi connectivity index (χ3n) is 4.63. The van der Waals surface area contributed by atoms with Gasteiger partial charge < -0.3 is 5.32 Å². The van der Waals surface area contributed by atoms with Crippen molar-refractivity contribution < 1.29 is 8.78 Å². The van der Waals surface area contributed by atoms with Gasteiger partial charge in [-0.2, -0.15) is 0 Å². The lowest BCUT2D eigenvalue weighted by atomic mass is 9.72. The van der Waals surface area contributed by atoms with Gasteiger partial charge >= 0.3 is 0 Å². The number of rotatable bonds is 2. The average molecular weight is 231 g/mol. The fourth-order valence-corrected chi connectivity index (χ4v) is 3.34. The highest BCUT2D eigenvalue weighted by Crippen LogP contribution is 2.42. The molecule has 1 aliphatic carbocycles. The maximum absolute atomic E-state index is 13.1. The Bertz CT molecular complexity index is 214. The second-order valence-corrected chi connectivity index (χ2v) is 5.64. The van der Waals surface area contributed by atoms with Crippen molar-refractivity contribution in [1.29, 1.82) is 0 Å². The first-order valence-corrected chi connectivity index (χ1v) is 6.67. The van der Waals surface area contributed by atoms with Crippen molar-refractivity contribution in [2.24, 2.45) is 17.8 Å². The first kappa shape index (κ1) is 12.3. The van der Waals surface area contributed by atoms with E-state index in [9.17, 15) is 8.78 Å². The summed E-state index contributed by atoms with van der Waals surface area (Å²) in [6, 6.07) is 0. The quantitative estimate of drug-likeness (QED) is 0.767. The second kappa shape index (κ2) is 4.99. The molecule has 1 N–H and O–H groups in total. The summed E-state index contributed by atoms with van der Waals surface area (Å²) in [6.45, 7) is 4.50. The Morgan fingerprint density at radius 3 is 2.06 bits per heavy atom. The van der Waals surface area contributed by atoms with Gasteiger partial charge in [-0.3, -0.25) is 0 Å². The van der Waals surface area contributed by atoms with E-state index < -0.39 is 5.92 Å². The number of piperidine rings is 1. The zero-order valence-corrected chi connectivity index (χ0v) is 10.1. The van der Waals surface area contributed by atoms with Crippen molar-refractivity contribution in [3.8, 4) is 0 Å². The summed E-state index contributed by atoms with van der Waals surface area (Å²) in [5.74, 6) is -0.427. The van der Waals surface area contributed by atoms with Crippen molar-refractivity contribution in [1.82, 2.24) is 5.32 Å². The zero-order valence-electron chi connectivity index (χ0n) is 10.1. The maximum atomic E-state index is 13.1. The molecule has 1 saturated heterocycles. The molecule has 1 aliphatic heterocycles. The molecule has 0 radical (unpaired) electrons. The second-order valence-electron chi connectivity index (χ2n) is 5.64. The van der Waals surface area contributed by atoms with Crippen LogP contribution < -0.4 is 5.32 Å². The van der Waals surface area contributed by atoms with Gasteiger partial charge in [0.25, 0.3) is 0 Å². The summed E-state index contributed by atoms with van der Waals surface area (Å²) < 4.78 is 26.1. The Balaban J connectivity index is 1.83. The van der Waals surface area contributed by atoms with E-state index in [2.05, 4.69) is 12.2 Å². The fraction of sp³-hybridized carbons (Fsp3) is 1.00. The van der Waals surface area contributed by atoms with Crippen LogP contribution in [0.1, 0.15) is 45.4 Å². The summed E-state index contributed by atoms with van der Waals surface area (Å²) in [5, 5.41) is 3.37. The van der Waals surface area contributed by atoms with Crippen LogP contribution in [0.2, 0.25) is 0 Å². The van der Waals surface area contributed by atoms with Crippen LogP contribution in [-0.4, -0.2) is 19.0 Å². The van der Waals surface area contributed by atoms with Crippen molar-refractivity contribution in [2.75, 3.05) is 13.1 Å². The fourth-order valence-electron chi connectivity index (χ4n) is 3.34. The first-order valence-electron chi connectivity index (χ1n) is 6.67. The van der Waals surface area contributed by atoms with Gasteiger partial charge in [0.05, 0.1) is 0 Å². The lowest BCUT2D eigenvalue weighted by Crippen LogP contribution is -2.35. The van der Waals surface area contributed by atoms with Gasteiger partial charge in [-0.25, -0.2) is 8.78 Å². The molecule has 1 atom stereocenters. The standard InChI is InChI=1S/C13H23F2N/c1-10(12-4-8-16-9-5-12)11-2-6-13(14,15)7-3-11/h10-12,16H,2-9H2,1H3. The minimum atomic E-state index is -2.37. The Hall–Kier alpha value is -0.180. The van der Waals surface area contributed by atoms with Gasteiger partial charge in [-0.15, -0.1) is 0 Å². The number of hydrogen-bond acceptors (Lipinski definition) is 1. The summed E-state index contributed by atoms with van der Waals surface area (Å²) >= 11 is 0. The highest BCUT2D eigenvalue weighted by Gasteiger charge is 2.38. The Morgan fingerprint density at radius 1 is 1.00 bits per heavy atom. The Morgan fingerprint density at radius 2 is 1.50 bits per heavy atom. The number of alkyl halides is 2. The third kappa shape index (κ3) is 2.93. The molecule has 0 spiro atoms. The van der Waals surface area contributed by atoms with Crippen LogP contribution in [0, 0.1) is 17.8 Å². The van der Waals surface area contributed by atoms with Crippen molar-refractivity contribution in [3.05, 3.63) is 0 Å². The predicted octanol–water partition coefficient (Wildman–Crippen LogP) is 3.45. The number of nitrogens with one attached hydrogen (secondary N) is 1. The molecule has 0 aromatic carbocycles. The molecule has 1 saturated carbocycles. The molecule has 1 unspecified atom stereocenters. The molecule has 2 rings (SSSR count). The minimum absolute atomic E-state index is 0.118. The van der Waals surface area contributed by atoms with Crippen molar-refractivity contribution >= 4 is 0 Å². The maximum Gasteiger partial charge on any atom is 0.248 e. The van der Waals surface area contributed by atoms with Crippen LogP contribution in [0.3, 0.4) is 0 Å². The van der Waals surface area contributed by atoms with E-state index >= 15 is 0 Å². The smallest absolute Gasteiger partial charge is 0.248 e. The molecule has 2 aliphatic rings. The molecule has 0 amide bonds. The molecule has 0 bridgehead atoms. The largest absolute Gasteiger partial charge is 0.317 e. The highest BCUT2D eigenvalue weighted by molar-refractivity contribution is 4.84. The molecular weight excluding hydrogens is 208 g/mol. The van der Waals surface area contributed by atoms with Crippen molar-refractivity contribution in [3.63, 3.8) is 0 Å². The molecule has 16 heavy (non-hydrogen) atoms. The van der Waals surface area contributed by atoms with Crippen LogP contribution in [0.4, 0.5) is 8.78 Å². The van der Waals surface area contributed by atoms with Gasteiger partial charge in [0.1, 0.15) is 0 Å². The lowest BCUT2D eigenvalue weighted by Gasteiger charge is -2.37. The van der Waals surface area contributed by atoms with E-state index in [1.165, 1.54) is 12.8 Å². The number of halogens is 2. The van der Waals surface area contributed by atoms with Gasteiger partial charge in [-0.1, -0.05) is 6.92 Å². The summed E-state index contributed by atoms with van der Waals surface area (Å²) in [7, 11) is 0. The molecule has 2 fully saturated rings. The van der Waals surface area contributed by atoms with E-state index in [0.29, 0.717) is 11.8 Å². The molecule has 94 valence electrons. The average Bonchev–Trinajstić information content (AvgIpc) is 2.29. The Kier molecular flexibility index (Phi) is 3.83. The molecular formula is C13H23F2N. The van der Waals surface area contributed by atoms with Crippen LogP contribution in [0.5, 0.6) is 0 Å². The summed E-state index contributed by atoms with van der Waals surface area (Å²) in [5.41, 5.74) is 0.